The fourth-order valence-corrected chi connectivity index (χ4v) is 2.80. The number of alkyl carbamates (subject to hydrolysis) is 1. The van der Waals surface area contributed by atoms with Gasteiger partial charge in [-0.3, -0.25) is 9.59 Å². The summed E-state index contributed by atoms with van der Waals surface area (Å²) in [6, 6.07) is 14.2. The van der Waals surface area contributed by atoms with Crippen LogP contribution in [-0.4, -0.2) is 43.3 Å². The van der Waals surface area contributed by atoms with E-state index >= 15 is 0 Å². The predicted octanol–water partition coefficient (Wildman–Crippen LogP) is 3.63. The first-order valence-electron chi connectivity index (χ1n) is 11.1. The molecule has 0 atom stereocenters. The van der Waals surface area contributed by atoms with Gasteiger partial charge >= 0.3 is 6.09 Å². The molecule has 2 rings (SSSR count). The Morgan fingerprint density at radius 2 is 1.50 bits per heavy atom. The molecule has 0 bridgehead atoms. The van der Waals surface area contributed by atoms with Crippen LogP contribution in [0.5, 0.6) is 11.5 Å². The van der Waals surface area contributed by atoms with Gasteiger partial charge in [0.15, 0.2) is 6.61 Å². The number of ether oxygens (including phenoxy) is 3. The number of para-hydroxylation sites is 1. The van der Waals surface area contributed by atoms with E-state index < -0.39 is 11.7 Å². The van der Waals surface area contributed by atoms with Gasteiger partial charge in [0, 0.05) is 25.2 Å². The minimum Gasteiger partial charge on any atom is -0.494 e. The van der Waals surface area contributed by atoms with Crippen LogP contribution in [0.25, 0.3) is 0 Å². The summed E-state index contributed by atoms with van der Waals surface area (Å²) in [6.45, 7) is 7.99. The van der Waals surface area contributed by atoms with Crippen molar-refractivity contribution in [2.45, 2.75) is 46.3 Å². The lowest BCUT2D eigenvalue weighted by molar-refractivity contribution is -0.121. The molecule has 184 valence electrons. The fraction of sp³-hybridized carbons (Fsp3) is 0.400. The number of carbonyl (C=O) groups is 3. The van der Waals surface area contributed by atoms with E-state index in [9.17, 15) is 14.4 Å². The highest BCUT2D eigenvalue weighted by molar-refractivity contribution is 5.92. The smallest absolute Gasteiger partial charge is 0.407 e. The van der Waals surface area contributed by atoms with Crippen LogP contribution in [-0.2, 0) is 20.9 Å². The molecule has 0 radical (unpaired) electrons. The van der Waals surface area contributed by atoms with E-state index in [1.165, 1.54) is 0 Å². The van der Waals surface area contributed by atoms with Crippen LogP contribution in [0.1, 0.15) is 39.7 Å². The Hall–Kier alpha value is -3.75. The normalized spacial score (nSPS) is 10.7. The number of anilines is 1. The maximum absolute atomic E-state index is 12.3. The van der Waals surface area contributed by atoms with Crippen molar-refractivity contribution in [3.63, 3.8) is 0 Å². The molecule has 34 heavy (non-hydrogen) atoms. The van der Waals surface area contributed by atoms with Gasteiger partial charge in [-0.15, -0.1) is 0 Å². The molecular formula is C25H33N3O6. The molecule has 3 amide bonds. The van der Waals surface area contributed by atoms with E-state index in [0.717, 1.165) is 11.3 Å². The van der Waals surface area contributed by atoms with Gasteiger partial charge in [-0.25, -0.2) is 4.79 Å². The third-order valence-electron chi connectivity index (χ3n) is 4.29. The van der Waals surface area contributed by atoms with Gasteiger partial charge in [0.2, 0.25) is 5.91 Å². The molecule has 0 aliphatic carbocycles. The maximum atomic E-state index is 12.3. The molecule has 0 aliphatic heterocycles. The predicted molar refractivity (Wildman–Crippen MR) is 129 cm³/mol. The van der Waals surface area contributed by atoms with Crippen molar-refractivity contribution in [3.8, 4) is 11.5 Å². The molecule has 0 saturated heterocycles. The zero-order valence-electron chi connectivity index (χ0n) is 20.1. The number of benzene rings is 2. The second-order valence-corrected chi connectivity index (χ2v) is 8.35. The summed E-state index contributed by atoms with van der Waals surface area (Å²) in [5.74, 6) is 0.722. The lowest BCUT2D eigenvalue weighted by Gasteiger charge is -2.19. The standard InChI is InChI=1S/C25H33N3O6/c1-5-32-19-10-12-20(13-11-19)33-17-23(30)28-21-9-7-6-8-18(21)16-27-22(29)14-15-26-24(31)34-25(2,3)4/h6-13H,5,14-17H2,1-4H3,(H,26,31)(H,27,29)(H,28,30). The lowest BCUT2D eigenvalue weighted by atomic mass is 10.1. The molecule has 0 aliphatic rings. The average Bonchev–Trinajstić information content (AvgIpc) is 2.77. The first-order chi connectivity index (χ1) is 16.2. The molecule has 2 aromatic rings. The van der Waals surface area contributed by atoms with Crippen LogP contribution in [0.15, 0.2) is 48.5 Å². The second-order valence-electron chi connectivity index (χ2n) is 8.35. The molecule has 2 aromatic carbocycles. The van der Waals surface area contributed by atoms with Gasteiger partial charge in [-0.05, 0) is 63.6 Å². The first-order valence-corrected chi connectivity index (χ1v) is 11.1. The number of carbonyl (C=O) groups excluding carboxylic acids is 3. The summed E-state index contributed by atoms with van der Waals surface area (Å²) in [5.41, 5.74) is 0.722. The summed E-state index contributed by atoms with van der Waals surface area (Å²) in [7, 11) is 0. The summed E-state index contributed by atoms with van der Waals surface area (Å²) < 4.78 is 16.0. The molecule has 0 aromatic heterocycles. The summed E-state index contributed by atoms with van der Waals surface area (Å²) in [5, 5.41) is 8.13. The Kier molecular flexibility index (Phi) is 10.2. The average molecular weight is 472 g/mol. The number of nitrogens with one attached hydrogen (secondary N) is 3. The Morgan fingerprint density at radius 1 is 0.853 bits per heavy atom. The van der Waals surface area contributed by atoms with Crippen molar-refractivity contribution in [2.24, 2.45) is 0 Å². The molecule has 9 nitrogen and oxygen atoms in total. The Morgan fingerprint density at radius 3 is 2.15 bits per heavy atom. The summed E-state index contributed by atoms with van der Waals surface area (Å²) in [6.07, 6.45) is -0.468. The Balaban J connectivity index is 1.77. The van der Waals surface area contributed by atoms with Gasteiger partial charge < -0.3 is 30.2 Å². The highest BCUT2D eigenvalue weighted by atomic mass is 16.6. The van der Waals surface area contributed by atoms with Crippen molar-refractivity contribution in [2.75, 3.05) is 25.1 Å². The maximum Gasteiger partial charge on any atom is 0.407 e. The van der Waals surface area contributed by atoms with Crippen LogP contribution < -0.4 is 25.4 Å². The molecule has 0 saturated carbocycles. The third-order valence-corrected chi connectivity index (χ3v) is 4.29. The van der Waals surface area contributed by atoms with Crippen molar-refractivity contribution < 1.29 is 28.6 Å². The highest BCUT2D eigenvalue weighted by Crippen LogP contribution is 2.18. The van der Waals surface area contributed by atoms with Gasteiger partial charge in [0.25, 0.3) is 5.91 Å². The van der Waals surface area contributed by atoms with E-state index in [-0.39, 0.29) is 37.9 Å². The van der Waals surface area contributed by atoms with Gasteiger partial charge in [0.1, 0.15) is 17.1 Å². The van der Waals surface area contributed by atoms with Crippen LogP contribution in [0.2, 0.25) is 0 Å². The molecule has 3 N–H and O–H groups in total. The summed E-state index contributed by atoms with van der Waals surface area (Å²) >= 11 is 0. The number of rotatable bonds is 11. The third kappa shape index (κ3) is 10.2. The molecule has 0 heterocycles. The Labute approximate surface area is 200 Å². The van der Waals surface area contributed by atoms with Crippen LogP contribution >= 0.6 is 0 Å². The Bertz CT molecular complexity index is 954. The van der Waals surface area contributed by atoms with E-state index in [1.54, 1.807) is 57.2 Å². The molecular weight excluding hydrogens is 438 g/mol. The van der Waals surface area contributed by atoms with Gasteiger partial charge in [-0.2, -0.15) is 0 Å². The number of hydrogen-bond donors (Lipinski definition) is 3. The molecule has 9 heteroatoms. The highest BCUT2D eigenvalue weighted by Gasteiger charge is 2.16. The van der Waals surface area contributed by atoms with E-state index in [2.05, 4.69) is 16.0 Å². The summed E-state index contributed by atoms with van der Waals surface area (Å²) in [4.78, 5) is 36.1. The lowest BCUT2D eigenvalue weighted by Crippen LogP contribution is -2.35. The van der Waals surface area contributed by atoms with Crippen molar-refractivity contribution in [1.29, 1.82) is 0 Å². The van der Waals surface area contributed by atoms with Crippen LogP contribution in [0.3, 0.4) is 0 Å². The molecule has 0 spiro atoms. The number of hydrogen-bond acceptors (Lipinski definition) is 6. The largest absolute Gasteiger partial charge is 0.494 e. The topological polar surface area (TPSA) is 115 Å². The SMILES string of the molecule is CCOc1ccc(OCC(=O)Nc2ccccc2CNC(=O)CCNC(=O)OC(C)(C)C)cc1. The second kappa shape index (κ2) is 13.1. The quantitative estimate of drug-likeness (QED) is 0.461. The monoisotopic (exact) mass is 471 g/mol. The first kappa shape index (κ1) is 26.5. The van der Waals surface area contributed by atoms with E-state index in [0.29, 0.717) is 18.0 Å². The molecule has 0 fully saturated rings. The van der Waals surface area contributed by atoms with E-state index in [1.807, 2.05) is 19.1 Å². The van der Waals surface area contributed by atoms with Crippen molar-refractivity contribution in [3.05, 3.63) is 54.1 Å². The fourth-order valence-electron chi connectivity index (χ4n) is 2.80. The zero-order chi connectivity index (χ0) is 25.0. The van der Waals surface area contributed by atoms with Crippen LogP contribution in [0, 0.1) is 0 Å². The minimum atomic E-state index is -0.597. The van der Waals surface area contributed by atoms with Crippen molar-refractivity contribution in [1.82, 2.24) is 10.6 Å². The zero-order valence-corrected chi connectivity index (χ0v) is 20.1. The van der Waals surface area contributed by atoms with Gasteiger partial charge in [0.05, 0.1) is 6.61 Å². The number of amides is 3. The van der Waals surface area contributed by atoms with Crippen molar-refractivity contribution >= 4 is 23.6 Å². The molecule has 0 unspecified atom stereocenters. The van der Waals surface area contributed by atoms with E-state index in [4.69, 9.17) is 14.2 Å². The minimum absolute atomic E-state index is 0.101. The van der Waals surface area contributed by atoms with Crippen LogP contribution in [0.4, 0.5) is 10.5 Å². The van der Waals surface area contributed by atoms with Gasteiger partial charge in [-0.1, -0.05) is 18.2 Å².